The number of thiophene rings is 1. The molecule has 3 atom stereocenters. The van der Waals surface area contributed by atoms with Gasteiger partial charge in [0, 0.05) is 23.2 Å². The second-order valence-electron chi connectivity index (χ2n) is 9.45. The van der Waals surface area contributed by atoms with Gasteiger partial charge in [-0.05, 0) is 47.9 Å². The highest BCUT2D eigenvalue weighted by atomic mass is 32.1. The highest BCUT2D eigenvalue weighted by Crippen LogP contribution is 2.49. The first-order valence-corrected chi connectivity index (χ1v) is 13.0. The fourth-order valence-electron chi connectivity index (χ4n) is 5.21. The van der Waals surface area contributed by atoms with Crippen LogP contribution < -0.4 is 32.6 Å². The standard InChI is InChI=1S/C28H25N5O4S/c29-18-11-10-17-20-21(24(38-23(18)20)27(36)33-19-12-13-32-26(19)35)22(30)25(34)28(17,31)14-6-8-16(9-7-14)37-15-4-2-1-3-5-15/h1-11,19,22H,12-13,29-31H2,(H,32,35)(H,33,36). The number of Topliss-reactive ketones (excluding diaryl/α,β-unsaturated/α-hetero) is 1. The van der Waals surface area contributed by atoms with Gasteiger partial charge >= 0.3 is 0 Å². The SMILES string of the molecule is Nc1ccc2c3c(c(C(=O)NC4CCNC4=O)sc13)C(N)C(=O)C2(N)c1ccc(Oc2ccccc2)cc1. The maximum Gasteiger partial charge on any atom is 0.262 e. The van der Waals surface area contributed by atoms with E-state index in [-0.39, 0.29) is 10.8 Å². The van der Waals surface area contributed by atoms with Crippen molar-refractivity contribution in [2.45, 2.75) is 24.0 Å². The summed E-state index contributed by atoms with van der Waals surface area (Å²) in [5.74, 6) is 0.115. The average molecular weight is 528 g/mol. The zero-order valence-electron chi connectivity index (χ0n) is 20.2. The first kappa shape index (κ1) is 24.1. The number of benzene rings is 3. The highest BCUT2D eigenvalue weighted by Gasteiger charge is 2.49. The minimum Gasteiger partial charge on any atom is -0.457 e. The lowest BCUT2D eigenvalue weighted by Gasteiger charge is -2.36. The Hall–Kier alpha value is -4.25. The number of carbonyl (C=O) groups is 3. The van der Waals surface area contributed by atoms with Gasteiger partial charge in [-0.1, -0.05) is 36.4 Å². The Kier molecular flexibility index (Phi) is 5.68. The van der Waals surface area contributed by atoms with Crippen LogP contribution in [0.2, 0.25) is 0 Å². The van der Waals surface area contributed by atoms with Crippen molar-refractivity contribution >= 4 is 44.7 Å². The Morgan fingerprint density at radius 3 is 2.42 bits per heavy atom. The first-order chi connectivity index (χ1) is 18.3. The van der Waals surface area contributed by atoms with Crippen LogP contribution >= 0.6 is 11.3 Å². The van der Waals surface area contributed by atoms with Crippen molar-refractivity contribution in [3.05, 3.63) is 88.3 Å². The fourth-order valence-corrected chi connectivity index (χ4v) is 6.42. The summed E-state index contributed by atoms with van der Waals surface area (Å²) in [7, 11) is 0. The smallest absolute Gasteiger partial charge is 0.262 e. The lowest BCUT2D eigenvalue weighted by atomic mass is 9.70. The van der Waals surface area contributed by atoms with E-state index in [1.165, 1.54) is 0 Å². The van der Waals surface area contributed by atoms with E-state index in [0.29, 0.717) is 56.9 Å². The summed E-state index contributed by atoms with van der Waals surface area (Å²) >= 11 is 1.15. The number of rotatable bonds is 5. The van der Waals surface area contributed by atoms with E-state index in [1.54, 1.807) is 36.4 Å². The van der Waals surface area contributed by atoms with Crippen LogP contribution in [0.4, 0.5) is 5.69 Å². The summed E-state index contributed by atoms with van der Waals surface area (Å²) in [6.07, 6.45) is 0.485. The molecule has 0 spiro atoms. The van der Waals surface area contributed by atoms with Gasteiger partial charge < -0.3 is 32.6 Å². The van der Waals surface area contributed by atoms with E-state index >= 15 is 0 Å². The molecule has 1 saturated heterocycles. The van der Waals surface area contributed by atoms with Crippen molar-refractivity contribution in [3.8, 4) is 11.5 Å². The fraction of sp³-hybridized carbons (Fsp3) is 0.179. The Bertz CT molecular complexity index is 1600. The molecule has 6 rings (SSSR count). The van der Waals surface area contributed by atoms with Crippen molar-refractivity contribution in [2.24, 2.45) is 11.5 Å². The molecular formula is C28H25N5O4S. The number of hydrogen-bond donors (Lipinski definition) is 5. The summed E-state index contributed by atoms with van der Waals surface area (Å²) < 4.78 is 6.51. The molecule has 2 heterocycles. The minimum absolute atomic E-state index is 0.241. The number of para-hydroxylation sites is 1. The third-order valence-corrected chi connectivity index (χ3v) is 8.42. The van der Waals surface area contributed by atoms with Crippen LogP contribution in [-0.4, -0.2) is 30.2 Å². The van der Waals surface area contributed by atoms with Crippen LogP contribution in [0.5, 0.6) is 11.5 Å². The quantitative estimate of drug-likeness (QED) is 0.249. The molecule has 3 aromatic carbocycles. The molecule has 2 aliphatic rings. The topological polar surface area (TPSA) is 163 Å². The molecule has 0 bridgehead atoms. The molecule has 2 amide bonds. The van der Waals surface area contributed by atoms with Crippen LogP contribution in [0.25, 0.3) is 10.1 Å². The number of anilines is 1. The Balaban J connectivity index is 1.43. The summed E-state index contributed by atoms with van der Waals surface area (Å²) in [5, 5.41) is 6.07. The number of nitrogens with two attached hydrogens (primary N) is 3. The predicted molar refractivity (Wildman–Crippen MR) is 145 cm³/mol. The maximum absolute atomic E-state index is 13.9. The van der Waals surface area contributed by atoms with Crippen molar-refractivity contribution < 1.29 is 19.1 Å². The van der Waals surface area contributed by atoms with Gasteiger partial charge in [-0.3, -0.25) is 14.4 Å². The molecule has 1 aliphatic heterocycles. The zero-order valence-corrected chi connectivity index (χ0v) is 21.0. The molecule has 1 fully saturated rings. The molecule has 3 unspecified atom stereocenters. The van der Waals surface area contributed by atoms with Gasteiger partial charge in [-0.25, -0.2) is 0 Å². The second kappa shape index (κ2) is 8.95. The highest BCUT2D eigenvalue weighted by molar-refractivity contribution is 7.21. The van der Waals surface area contributed by atoms with E-state index in [9.17, 15) is 14.4 Å². The number of hydrogen-bond acceptors (Lipinski definition) is 8. The van der Waals surface area contributed by atoms with Gasteiger partial charge in [0.15, 0.2) is 5.78 Å². The van der Waals surface area contributed by atoms with Crippen LogP contribution in [0, 0.1) is 0 Å². The molecule has 1 aliphatic carbocycles. The summed E-state index contributed by atoms with van der Waals surface area (Å²) in [5.41, 5.74) is 20.1. The maximum atomic E-state index is 13.9. The lowest BCUT2D eigenvalue weighted by molar-refractivity contribution is -0.124. The van der Waals surface area contributed by atoms with E-state index in [1.807, 2.05) is 30.3 Å². The molecule has 1 aromatic heterocycles. The van der Waals surface area contributed by atoms with E-state index in [4.69, 9.17) is 21.9 Å². The Morgan fingerprint density at radius 1 is 1.03 bits per heavy atom. The summed E-state index contributed by atoms with van der Waals surface area (Å²) in [6, 6.07) is 17.9. The van der Waals surface area contributed by atoms with E-state index in [2.05, 4.69) is 10.6 Å². The van der Waals surface area contributed by atoms with Crippen LogP contribution in [-0.2, 0) is 15.1 Å². The molecule has 8 N–H and O–H groups in total. The number of nitrogen functional groups attached to an aromatic ring is 1. The number of ketones is 1. The summed E-state index contributed by atoms with van der Waals surface area (Å²) in [6.45, 7) is 0.489. The predicted octanol–water partition coefficient (Wildman–Crippen LogP) is 2.68. The van der Waals surface area contributed by atoms with Gasteiger partial charge in [-0.15, -0.1) is 11.3 Å². The average Bonchev–Trinajstić information content (AvgIpc) is 3.52. The van der Waals surface area contributed by atoms with Crippen molar-refractivity contribution in [1.29, 1.82) is 0 Å². The molecular weight excluding hydrogens is 502 g/mol. The van der Waals surface area contributed by atoms with E-state index < -0.39 is 29.3 Å². The molecule has 4 aromatic rings. The third kappa shape index (κ3) is 3.65. The second-order valence-corrected chi connectivity index (χ2v) is 10.5. The van der Waals surface area contributed by atoms with Gasteiger partial charge in [0.25, 0.3) is 5.91 Å². The Morgan fingerprint density at radius 2 is 1.74 bits per heavy atom. The lowest BCUT2D eigenvalue weighted by Crippen LogP contribution is -2.52. The van der Waals surface area contributed by atoms with Crippen molar-refractivity contribution in [3.63, 3.8) is 0 Å². The van der Waals surface area contributed by atoms with Crippen molar-refractivity contribution in [2.75, 3.05) is 12.3 Å². The monoisotopic (exact) mass is 527 g/mol. The zero-order chi connectivity index (χ0) is 26.6. The van der Waals surface area contributed by atoms with Crippen LogP contribution in [0.1, 0.15) is 38.8 Å². The molecule has 9 nitrogen and oxygen atoms in total. The number of carbonyl (C=O) groups excluding carboxylic acids is 3. The van der Waals surface area contributed by atoms with Gasteiger partial charge in [0.05, 0.1) is 15.6 Å². The van der Waals surface area contributed by atoms with Gasteiger partial charge in [0.1, 0.15) is 23.1 Å². The molecule has 10 heteroatoms. The molecule has 38 heavy (non-hydrogen) atoms. The molecule has 192 valence electrons. The van der Waals surface area contributed by atoms with Gasteiger partial charge in [0.2, 0.25) is 5.91 Å². The number of amides is 2. The van der Waals surface area contributed by atoms with Crippen LogP contribution in [0.3, 0.4) is 0 Å². The minimum atomic E-state index is -1.57. The largest absolute Gasteiger partial charge is 0.457 e. The Labute approximate surface area is 221 Å². The number of nitrogens with one attached hydrogen (secondary N) is 2. The van der Waals surface area contributed by atoms with Gasteiger partial charge in [-0.2, -0.15) is 0 Å². The van der Waals surface area contributed by atoms with E-state index in [0.717, 1.165) is 11.3 Å². The third-order valence-electron chi connectivity index (χ3n) is 7.16. The molecule has 0 saturated carbocycles. The number of ether oxygens (including phenoxy) is 1. The van der Waals surface area contributed by atoms with Crippen molar-refractivity contribution in [1.82, 2.24) is 10.6 Å². The van der Waals surface area contributed by atoms with Crippen LogP contribution in [0.15, 0.2) is 66.7 Å². The first-order valence-electron chi connectivity index (χ1n) is 12.1. The summed E-state index contributed by atoms with van der Waals surface area (Å²) in [4.78, 5) is 39.4. The normalized spacial score (nSPS) is 22.4. The molecule has 0 radical (unpaired) electrons.